The van der Waals surface area contributed by atoms with Crippen LogP contribution < -0.4 is 5.32 Å². The highest BCUT2D eigenvalue weighted by Crippen LogP contribution is 2.37. The van der Waals surface area contributed by atoms with Crippen LogP contribution in [0.15, 0.2) is 0 Å². The number of hydrogen-bond acceptors (Lipinski definition) is 9. The molecule has 0 bridgehead atoms. The molecule has 0 aromatic heterocycles. The molecule has 9 heteroatoms. The summed E-state index contributed by atoms with van der Waals surface area (Å²) in [5.74, 6) is -3.07. The summed E-state index contributed by atoms with van der Waals surface area (Å²) in [6.07, 6.45) is -0.351. The van der Waals surface area contributed by atoms with E-state index in [-0.39, 0.29) is 0 Å². The summed E-state index contributed by atoms with van der Waals surface area (Å²) < 4.78 is 24.0. The normalized spacial score (nSPS) is 27.5. The van der Waals surface area contributed by atoms with Gasteiger partial charge in [-0.15, -0.1) is 0 Å². The third-order valence-electron chi connectivity index (χ3n) is 4.78. The van der Waals surface area contributed by atoms with Crippen molar-refractivity contribution in [1.82, 2.24) is 5.32 Å². The molecule has 1 rings (SSSR count). The predicted octanol–water partition coefficient (Wildman–Crippen LogP) is 3.34. The van der Waals surface area contributed by atoms with Crippen molar-refractivity contribution >= 4 is 0 Å². The Kier molecular flexibility index (Phi) is 10.7. The van der Waals surface area contributed by atoms with Gasteiger partial charge in [-0.25, -0.2) is 5.32 Å². The Hall–Kier alpha value is -2.24. The predicted molar refractivity (Wildman–Crippen MR) is 106 cm³/mol. The van der Waals surface area contributed by atoms with Gasteiger partial charge < -0.3 is 18.9 Å². The first-order valence-corrected chi connectivity index (χ1v) is 10.5. The molecule has 9 nitrogen and oxygen atoms in total. The second-order valence-corrected chi connectivity index (χ2v) is 7.06. The molecule has 0 aromatic carbocycles. The summed E-state index contributed by atoms with van der Waals surface area (Å²) in [6, 6.07) is 8.30. The van der Waals surface area contributed by atoms with Gasteiger partial charge in [-0.1, -0.05) is 27.7 Å². The molecule has 0 amide bonds. The molecule has 1 fully saturated rings. The second-order valence-electron chi connectivity index (χ2n) is 7.06. The highest BCUT2D eigenvalue weighted by molar-refractivity contribution is 4.96. The van der Waals surface area contributed by atoms with Gasteiger partial charge in [0.05, 0.1) is 24.3 Å². The number of nitrogens with one attached hydrogen (secondary N) is 1. The molecule has 30 heavy (non-hydrogen) atoms. The number of piperidine rings is 1. The molecule has 0 radical (unpaired) electrons. The van der Waals surface area contributed by atoms with Crippen LogP contribution >= 0.6 is 0 Å². The van der Waals surface area contributed by atoms with E-state index in [2.05, 4.69) is 29.6 Å². The van der Waals surface area contributed by atoms with Gasteiger partial charge in [-0.3, -0.25) is 0 Å². The van der Waals surface area contributed by atoms with Crippen molar-refractivity contribution in [2.75, 3.05) is 0 Å². The van der Waals surface area contributed by atoms with Gasteiger partial charge in [-0.2, -0.15) is 21.0 Å². The zero-order valence-corrected chi connectivity index (χ0v) is 18.2. The molecule has 1 aliphatic heterocycles. The van der Waals surface area contributed by atoms with E-state index < -0.39 is 36.2 Å². The van der Waals surface area contributed by atoms with Gasteiger partial charge >= 0.3 is 0 Å². The lowest BCUT2D eigenvalue weighted by Gasteiger charge is -2.49. The van der Waals surface area contributed by atoms with E-state index >= 15 is 0 Å². The van der Waals surface area contributed by atoms with Crippen molar-refractivity contribution in [2.24, 2.45) is 0 Å². The average molecular weight is 418 g/mol. The Labute approximate surface area is 179 Å². The first kappa shape index (κ1) is 25.8. The van der Waals surface area contributed by atoms with Crippen LogP contribution in [0, 0.1) is 45.3 Å². The molecule has 4 atom stereocenters. The van der Waals surface area contributed by atoms with E-state index in [1.54, 1.807) is 27.7 Å². The van der Waals surface area contributed by atoms with E-state index in [1.165, 1.54) is 0 Å². The van der Waals surface area contributed by atoms with Gasteiger partial charge in [0, 0.05) is 12.8 Å². The Bertz CT molecular complexity index is 596. The maximum atomic E-state index is 9.42. The van der Waals surface area contributed by atoms with Crippen LogP contribution in [-0.2, 0) is 18.9 Å². The molecule has 0 aromatic rings. The molecule has 1 heterocycles. The fourth-order valence-electron chi connectivity index (χ4n) is 3.10. The summed E-state index contributed by atoms with van der Waals surface area (Å²) >= 11 is 0. The van der Waals surface area contributed by atoms with Crippen molar-refractivity contribution in [3.05, 3.63) is 0 Å². The third kappa shape index (κ3) is 6.92. The van der Waals surface area contributed by atoms with Gasteiger partial charge in [0.15, 0.2) is 0 Å². The third-order valence-corrected chi connectivity index (χ3v) is 4.78. The van der Waals surface area contributed by atoms with Crippen LogP contribution in [-0.4, -0.2) is 36.2 Å². The quantitative estimate of drug-likeness (QED) is 0.472. The molecule has 4 unspecified atom stereocenters. The monoisotopic (exact) mass is 417 g/mol. The summed E-state index contributed by atoms with van der Waals surface area (Å²) in [4.78, 5) is 0. The molecular weight excluding hydrogens is 386 g/mol. The van der Waals surface area contributed by atoms with Crippen molar-refractivity contribution in [3.63, 3.8) is 0 Å². The largest absolute Gasteiger partial charge is 0.319 e. The number of hydrogen-bond donors (Lipinski definition) is 1. The lowest BCUT2D eigenvalue weighted by Crippen LogP contribution is -2.68. The van der Waals surface area contributed by atoms with E-state index in [1.807, 2.05) is 0 Å². The van der Waals surface area contributed by atoms with Gasteiger partial charge in [0.2, 0.25) is 11.8 Å². The minimum absolute atomic E-state index is 0.338. The average Bonchev–Trinajstić information content (AvgIpc) is 2.78. The first-order chi connectivity index (χ1) is 14.4. The van der Waals surface area contributed by atoms with E-state index in [9.17, 15) is 21.0 Å². The molecular formula is C21H31N5O4. The molecule has 1 saturated heterocycles. The molecule has 1 N–H and O–H groups in total. The van der Waals surface area contributed by atoms with Crippen LogP contribution in [0.2, 0.25) is 0 Å². The van der Waals surface area contributed by atoms with Gasteiger partial charge in [0.25, 0.3) is 0 Å². The highest BCUT2D eigenvalue weighted by atomic mass is 16.8. The minimum Gasteiger partial charge on any atom is -0.319 e. The SMILES string of the molecule is CCC(C#N)OC1(OC(C#N)CC)CCCC(OC(C#N)CC)(OC(C#N)CC)N1. The Morgan fingerprint density at radius 3 is 1.10 bits per heavy atom. The first-order valence-electron chi connectivity index (χ1n) is 10.5. The fourth-order valence-corrected chi connectivity index (χ4v) is 3.10. The van der Waals surface area contributed by atoms with E-state index in [0.29, 0.717) is 44.9 Å². The molecule has 0 spiro atoms. The number of nitriles is 4. The van der Waals surface area contributed by atoms with Crippen LogP contribution in [0.3, 0.4) is 0 Å². The van der Waals surface area contributed by atoms with Crippen molar-refractivity contribution in [1.29, 1.82) is 21.0 Å². The smallest absolute Gasteiger partial charge is 0.234 e. The number of nitrogens with zero attached hydrogens (tertiary/aromatic N) is 4. The molecule has 0 aliphatic carbocycles. The molecule has 1 aliphatic rings. The Balaban J connectivity index is 3.37. The van der Waals surface area contributed by atoms with Crippen molar-refractivity contribution in [2.45, 2.75) is 109 Å². The standard InChI is InChI=1S/C21H31N5O4/c1-5-16(12-22)27-20(28-17(6-2)13-23)10-9-11-21(26-20,29-18(7-3)14-24)30-19(8-4)15-25/h16-19,26H,5-11H2,1-4H3. The maximum absolute atomic E-state index is 9.42. The lowest BCUT2D eigenvalue weighted by atomic mass is 10.0. The van der Waals surface area contributed by atoms with Gasteiger partial charge in [0.1, 0.15) is 24.4 Å². The van der Waals surface area contributed by atoms with Crippen LogP contribution in [0.1, 0.15) is 72.6 Å². The maximum Gasteiger partial charge on any atom is 0.234 e. The zero-order chi connectivity index (χ0) is 22.6. The summed E-state index contributed by atoms with van der Waals surface area (Å²) in [5, 5.41) is 40.8. The fraction of sp³-hybridized carbons (Fsp3) is 0.810. The topological polar surface area (TPSA) is 144 Å². The minimum atomic E-state index is -1.54. The van der Waals surface area contributed by atoms with Crippen molar-refractivity contribution in [3.8, 4) is 24.3 Å². The summed E-state index contributed by atoms with van der Waals surface area (Å²) in [6.45, 7) is 7.21. The van der Waals surface area contributed by atoms with Crippen molar-refractivity contribution < 1.29 is 18.9 Å². The summed E-state index contributed by atoms with van der Waals surface area (Å²) in [5.41, 5.74) is 0. The molecule has 0 saturated carbocycles. The second kappa shape index (κ2) is 12.5. The lowest BCUT2D eigenvalue weighted by molar-refractivity contribution is -0.382. The number of rotatable bonds is 12. The van der Waals surface area contributed by atoms with Crippen LogP contribution in [0.25, 0.3) is 0 Å². The van der Waals surface area contributed by atoms with E-state index in [0.717, 1.165) is 0 Å². The summed E-state index contributed by atoms with van der Waals surface area (Å²) in [7, 11) is 0. The van der Waals surface area contributed by atoms with Crippen LogP contribution in [0.4, 0.5) is 0 Å². The Morgan fingerprint density at radius 2 is 0.900 bits per heavy atom. The van der Waals surface area contributed by atoms with E-state index in [4.69, 9.17) is 18.9 Å². The Morgan fingerprint density at radius 1 is 0.633 bits per heavy atom. The van der Waals surface area contributed by atoms with Gasteiger partial charge in [-0.05, 0) is 32.1 Å². The number of ether oxygens (including phenoxy) is 4. The molecule has 164 valence electrons. The van der Waals surface area contributed by atoms with Crippen LogP contribution in [0.5, 0.6) is 0 Å². The highest BCUT2D eigenvalue weighted by Gasteiger charge is 2.51. The zero-order valence-electron chi connectivity index (χ0n) is 18.2.